The van der Waals surface area contributed by atoms with E-state index < -0.39 is 17.4 Å². The van der Waals surface area contributed by atoms with Gasteiger partial charge in [0.05, 0.1) is 12.8 Å². The van der Waals surface area contributed by atoms with Crippen molar-refractivity contribution in [3.63, 3.8) is 0 Å². The maximum atomic E-state index is 12.6. The molecule has 0 spiro atoms. The molecular formula is C19H20N2O4. The van der Waals surface area contributed by atoms with E-state index in [1.165, 1.54) is 6.92 Å². The minimum atomic E-state index is -1.62. The van der Waals surface area contributed by atoms with Gasteiger partial charge in [0.15, 0.2) is 0 Å². The van der Waals surface area contributed by atoms with E-state index in [2.05, 4.69) is 10.6 Å². The highest BCUT2D eigenvalue weighted by Crippen LogP contribution is 2.34. The van der Waals surface area contributed by atoms with Gasteiger partial charge < -0.3 is 20.1 Å². The average Bonchev–Trinajstić information content (AvgIpc) is 2.61. The summed E-state index contributed by atoms with van der Waals surface area (Å²) in [4.78, 5) is 25.0. The number of methoxy groups -OCH3 is 1. The number of carbonyl (C=O) groups is 2. The second-order valence-corrected chi connectivity index (χ2v) is 6.12. The molecule has 0 bridgehead atoms. The Morgan fingerprint density at radius 2 is 1.96 bits per heavy atom. The van der Waals surface area contributed by atoms with Crippen LogP contribution in [0.15, 0.2) is 42.5 Å². The van der Waals surface area contributed by atoms with E-state index in [1.54, 1.807) is 13.2 Å². The smallest absolute Gasteiger partial charge is 0.278 e. The van der Waals surface area contributed by atoms with Gasteiger partial charge in [-0.3, -0.25) is 9.59 Å². The van der Waals surface area contributed by atoms with Crippen LogP contribution in [-0.4, -0.2) is 24.5 Å². The number of hydrogen-bond donors (Lipinski definition) is 2. The van der Waals surface area contributed by atoms with E-state index in [4.69, 9.17) is 9.47 Å². The van der Waals surface area contributed by atoms with Crippen LogP contribution in [0, 0.1) is 6.92 Å². The highest BCUT2D eigenvalue weighted by Gasteiger charge is 2.47. The number of ether oxygens (including phenoxy) is 2. The zero-order valence-corrected chi connectivity index (χ0v) is 14.4. The molecule has 0 fully saturated rings. The van der Waals surface area contributed by atoms with E-state index in [0.717, 1.165) is 16.9 Å². The fourth-order valence-electron chi connectivity index (χ4n) is 2.58. The molecule has 0 saturated heterocycles. The summed E-state index contributed by atoms with van der Waals surface area (Å²) in [6, 6.07) is 12.7. The van der Waals surface area contributed by atoms with Gasteiger partial charge in [0, 0.05) is 6.54 Å². The molecule has 0 unspecified atom stereocenters. The molecule has 1 atom stereocenters. The Balaban J connectivity index is 1.72. The Morgan fingerprint density at radius 1 is 1.24 bits per heavy atom. The molecule has 1 aliphatic rings. The summed E-state index contributed by atoms with van der Waals surface area (Å²) in [6.07, 6.45) is 0. The van der Waals surface area contributed by atoms with Crippen LogP contribution in [0.5, 0.6) is 11.5 Å². The van der Waals surface area contributed by atoms with E-state index in [1.807, 2.05) is 43.3 Å². The highest BCUT2D eigenvalue weighted by molar-refractivity contribution is 6.15. The summed E-state index contributed by atoms with van der Waals surface area (Å²) >= 11 is 0. The maximum Gasteiger partial charge on any atom is 0.278 e. The molecule has 6 nitrogen and oxygen atoms in total. The number of nitrogens with one attached hydrogen (secondary N) is 2. The van der Waals surface area contributed by atoms with Crippen molar-refractivity contribution in [2.75, 3.05) is 12.4 Å². The van der Waals surface area contributed by atoms with Crippen molar-refractivity contribution in [1.29, 1.82) is 0 Å². The summed E-state index contributed by atoms with van der Waals surface area (Å²) in [5.41, 5.74) is 0.847. The molecule has 25 heavy (non-hydrogen) atoms. The quantitative estimate of drug-likeness (QED) is 0.838. The Bertz CT molecular complexity index is 817. The molecule has 2 aromatic rings. The molecule has 2 aromatic carbocycles. The lowest BCUT2D eigenvalue weighted by Crippen LogP contribution is -2.58. The third-order valence-electron chi connectivity index (χ3n) is 4.18. The van der Waals surface area contributed by atoms with E-state index in [-0.39, 0.29) is 6.54 Å². The minimum Gasteiger partial charge on any atom is -0.497 e. The van der Waals surface area contributed by atoms with E-state index >= 15 is 0 Å². The van der Waals surface area contributed by atoms with Crippen LogP contribution < -0.4 is 20.1 Å². The first-order chi connectivity index (χ1) is 11.9. The number of anilines is 1. The monoisotopic (exact) mass is 340 g/mol. The molecule has 130 valence electrons. The first-order valence-electron chi connectivity index (χ1n) is 7.95. The number of benzene rings is 2. The molecule has 0 aliphatic carbocycles. The summed E-state index contributed by atoms with van der Waals surface area (Å²) in [6.45, 7) is 3.67. The van der Waals surface area contributed by atoms with Crippen LogP contribution in [0.25, 0.3) is 0 Å². The zero-order valence-electron chi connectivity index (χ0n) is 14.4. The third-order valence-corrected chi connectivity index (χ3v) is 4.18. The van der Waals surface area contributed by atoms with Crippen LogP contribution in [0.3, 0.4) is 0 Å². The molecule has 1 aliphatic heterocycles. The van der Waals surface area contributed by atoms with Crippen molar-refractivity contribution in [2.24, 2.45) is 0 Å². The number of amides is 2. The number of hydrogen-bond acceptors (Lipinski definition) is 4. The maximum absolute atomic E-state index is 12.6. The fraction of sp³-hybridized carbons (Fsp3) is 0.263. The van der Waals surface area contributed by atoms with Crippen LogP contribution in [-0.2, 0) is 16.1 Å². The van der Waals surface area contributed by atoms with Gasteiger partial charge in [0.2, 0.25) is 0 Å². The van der Waals surface area contributed by atoms with Crippen LogP contribution in [0.4, 0.5) is 5.69 Å². The molecule has 0 aromatic heterocycles. The van der Waals surface area contributed by atoms with Crippen molar-refractivity contribution in [1.82, 2.24) is 5.32 Å². The van der Waals surface area contributed by atoms with Gasteiger partial charge in [-0.25, -0.2) is 0 Å². The first kappa shape index (κ1) is 16.8. The predicted molar refractivity (Wildman–Crippen MR) is 93.7 cm³/mol. The molecular weight excluding hydrogens is 320 g/mol. The van der Waals surface area contributed by atoms with Crippen LogP contribution >= 0.6 is 0 Å². The Kier molecular flexibility index (Phi) is 4.35. The molecule has 2 N–H and O–H groups in total. The standard InChI is InChI=1S/C19H20N2O4/c1-12-4-9-16-15(10-12)21-18(23)19(2,25-16)17(22)20-11-13-5-7-14(24-3)8-6-13/h4-10H,11H2,1-3H3,(H,20,22)(H,21,23)/t19-/m1/s1. The summed E-state index contributed by atoms with van der Waals surface area (Å²) < 4.78 is 10.8. The lowest BCUT2D eigenvalue weighted by Gasteiger charge is -2.33. The van der Waals surface area contributed by atoms with Crippen molar-refractivity contribution < 1.29 is 19.1 Å². The predicted octanol–water partition coefficient (Wildman–Crippen LogP) is 2.41. The second kappa shape index (κ2) is 6.47. The number of fused-ring (bicyclic) bond motifs is 1. The summed E-state index contributed by atoms with van der Waals surface area (Å²) in [7, 11) is 1.59. The number of rotatable bonds is 4. The molecule has 3 rings (SSSR count). The molecule has 0 radical (unpaired) electrons. The number of aryl methyl sites for hydroxylation is 1. The van der Waals surface area contributed by atoms with Crippen molar-refractivity contribution in [3.8, 4) is 11.5 Å². The second-order valence-electron chi connectivity index (χ2n) is 6.12. The molecule has 0 saturated carbocycles. The molecule has 2 amide bonds. The van der Waals surface area contributed by atoms with Gasteiger partial charge in [0.25, 0.3) is 17.4 Å². The first-order valence-corrected chi connectivity index (χ1v) is 7.95. The third kappa shape index (κ3) is 3.28. The largest absolute Gasteiger partial charge is 0.497 e. The Labute approximate surface area is 146 Å². The topological polar surface area (TPSA) is 76.7 Å². The van der Waals surface area contributed by atoms with E-state index in [9.17, 15) is 9.59 Å². The SMILES string of the molecule is COc1ccc(CNC(=O)[C@@]2(C)Oc3ccc(C)cc3NC2=O)cc1. The molecule has 6 heteroatoms. The Hall–Kier alpha value is -3.02. The minimum absolute atomic E-state index is 0.288. The van der Waals surface area contributed by atoms with Crippen molar-refractivity contribution in [2.45, 2.75) is 26.0 Å². The lowest BCUT2D eigenvalue weighted by atomic mass is 10.0. The van der Waals surface area contributed by atoms with Gasteiger partial charge in [-0.15, -0.1) is 0 Å². The zero-order chi connectivity index (χ0) is 18.0. The average molecular weight is 340 g/mol. The van der Waals surface area contributed by atoms with Crippen LogP contribution in [0.1, 0.15) is 18.1 Å². The Morgan fingerprint density at radius 3 is 2.64 bits per heavy atom. The highest BCUT2D eigenvalue weighted by atomic mass is 16.5. The fourth-order valence-corrected chi connectivity index (χ4v) is 2.58. The van der Waals surface area contributed by atoms with Gasteiger partial charge in [-0.2, -0.15) is 0 Å². The van der Waals surface area contributed by atoms with Gasteiger partial charge in [0.1, 0.15) is 11.5 Å². The van der Waals surface area contributed by atoms with Gasteiger partial charge in [-0.1, -0.05) is 18.2 Å². The molecule has 1 heterocycles. The van der Waals surface area contributed by atoms with Gasteiger partial charge in [-0.05, 0) is 49.2 Å². The van der Waals surface area contributed by atoms with Crippen LogP contribution in [0.2, 0.25) is 0 Å². The van der Waals surface area contributed by atoms with Crippen molar-refractivity contribution >= 4 is 17.5 Å². The normalized spacial score (nSPS) is 18.6. The lowest BCUT2D eigenvalue weighted by molar-refractivity contribution is -0.146. The van der Waals surface area contributed by atoms with Gasteiger partial charge >= 0.3 is 0 Å². The van der Waals surface area contributed by atoms with E-state index in [0.29, 0.717) is 11.4 Å². The summed E-state index contributed by atoms with van der Waals surface area (Å²) in [5, 5.41) is 5.50. The van der Waals surface area contributed by atoms with Crippen molar-refractivity contribution in [3.05, 3.63) is 53.6 Å². The summed E-state index contributed by atoms with van der Waals surface area (Å²) in [5.74, 6) is 0.237. The number of carbonyl (C=O) groups excluding carboxylic acids is 2.